The van der Waals surface area contributed by atoms with E-state index in [-0.39, 0.29) is 37.1 Å². The molecule has 19 rings (SSSR count). The van der Waals surface area contributed by atoms with Gasteiger partial charge in [-0.15, -0.1) is 0 Å². The van der Waals surface area contributed by atoms with E-state index in [4.69, 9.17) is 0 Å². The molecular formula is C102H86B2N6. The molecule has 15 aromatic carbocycles. The molecule has 4 aliphatic rings. The van der Waals surface area contributed by atoms with Crippen molar-refractivity contribution >= 4 is 149 Å². The quantitative estimate of drug-likeness (QED) is 0.0892. The molecule has 0 amide bonds. The van der Waals surface area contributed by atoms with Crippen LogP contribution < -0.4 is 62.2 Å². The Morgan fingerprint density at radius 3 is 0.855 bits per heavy atom. The number of fused-ring (bicyclic) bond motifs is 8. The van der Waals surface area contributed by atoms with Gasteiger partial charge in [0.1, 0.15) is 0 Å². The fraction of sp³-hybridized carbons (Fsp3) is 0.118. The molecule has 0 unspecified atom stereocenters. The lowest BCUT2D eigenvalue weighted by molar-refractivity contribution is 0.854. The van der Waals surface area contributed by atoms with Crippen molar-refractivity contribution in [3.8, 4) is 22.3 Å². The van der Waals surface area contributed by atoms with Crippen LogP contribution in [0.1, 0.15) is 101 Å². The number of rotatable bonds is 16. The van der Waals surface area contributed by atoms with Gasteiger partial charge in [-0.25, -0.2) is 0 Å². The zero-order valence-electron chi connectivity index (χ0n) is 63.6. The van der Waals surface area contributed by atoms with Crippen LogP contribution in [0.3, 0.4) is 0 Å². The molecule has 0 aromatic heterocycles. The summed E-state index contributed by atoms with van der Waals surface area (Å²) in [6, 6.07) is 133. The fourth-order valence-electron chi connectivity index (χ4n) is 18.4. The van der Waals surface area contributed by atoms with Gasteiger partial charge in [-0.1, -0.05) is 304 Å². The van der Waals surface area contributed by atoms with E-state index in [9.17, 15) is 0 Å². The fourth-order valence-corrected chi connectivity index (χ4v) is 18.4. The first kappa shape index (κ1) is 67.8. The predicted molar refractivity (Wildman–Crippen MR) is 471 cm³/mol. The molecule has 8 heteroatoms. The van der Waals surface area contributed by atoms with E-state index in [0.717, 1.165) is 125 Å². The first-order valence-corrected chi connectivity index (χ1v) is 39.3. The molecule has 15 aromatic rings. The van der Waals surface area contributed by atoms with Crippen molar-refractivity contribution in [2.24, 2.45) is 0 Å². The number of benzene rings is 15. The number of para-hydroxylation sites is 10. The van der Waals surface area contributed by atoms with Gasteiger partial charge in [-0.2, -0.15) is 0 Å². The van der Waals surface area contributed by atoms with E-state index in [2.05, 4.69) is 437 Å². The third-order valence-electron chi connectivity index (χ3n) is 23.2. The van der Waals surface area contributed by atoms with Crippen LogP contribution in [0.25, 0.3) is 22.3 Å². The molecule has 530 valence electrons. The molecule has 4 aliphatic heterocycles. The van der Waals surface area contributed by atoms with E-state index >= 15 is 0 Å². The SMILES string of the molecule is CC(C)c1ccccc1N(c1cc2c3c(c1)N(c1ccccc1)c1cc4c(cc1B3c1ccccc1N2c1ccccc1)B1c2ccccc2N(c2ccccc2)c2cc(N(c3ccccc3C(C)C)c3ccccc3C(C)C)cc(c21)N4c1c(-c2ccccc2)cccc1-c1ccccc1)c1ccccc1C(C)C. The summed E-state index contributed by atoms with van der Waals surface area (Å²) in [5.74, 6) is 0.888. The largest absolute Gasteiger partial charge is 0.311 e. The summed E-state index contributed by atoms with van der Waals surface area (Å²) in [5.41, 5.74) is 37.3. The number of hydrogen-bond acceptors (Lipinski definition) is 6. The Kier molecular flexibility index (Phi) is 17.1. The van der Waals surface area contributed by atoms with Crippen molar-refractivity contribution in [3.05, 3.63) is 374 Å². The Bertz CT molecular complexity index is 5840. The molecule has 0 fully saturated rings. The first-order valence-electron chi connectivity index (χ1n) is 39.3. The van der Waals surface area contributed by atoms with Crippen LogP contribution in [-0.4, -0.2) is 13.4 Å². The summed E-state index contributed by atoms with van der Waals surface area (Å²) in [6.07, 6.45) is 0. The molecule has 0 atom stereocenters. The van der Waals surface area contributed by atoms with Gasteiger partial charge in [0, 0.05) is 96.4 Å². The standard InChI is InChI=1S/C102H86B2N6/c1-67(2)78-47-24-30-55-88(78)108(89-56-31-25-48-79(89)68(3)4)76-61-96-100-98(63-76)107(75-45-22-13-23-46-75)94-66-95-87(65-86(94)103(100)84-53-28-34-59-92(84)105(96)73-41-18-11-19-42-73)104-85-54-29-35-60-93(85)106(74-43-20-12-21-44-74)97-62-77(109(90-57-32-26-49-80(90)69(5)6)91-58-33-27-50-81(91)70(7)8)64-99(101(97)104)110(95)102-82(71-37-14-9-15-38-71)51-36-52-83(102)72-39-16-10-17-40-72/h9-70H,1-8H3. The number of hydrogen-bond donors (Lipinski definition) is 0. The van der Waals surface area contributed by atoms with Crippen molar-refractivity contribution in [3.63, 3.8) is 0 Å². The maximum atomic E-state index is 2.73. The molecular weight excluding hydrogens is 1330 g/mol. The minimum absolute atomic E-state index is 0.214. The summed E-state index contributed by atoms with van der Waals surface area (Å²) in [5, 5.41) is 0. The Hall–Kier alpha value is -12.8. The van der Waals surface area contributed by atoms with Crippen LogP contribution in [0.4, 0.5) is 102 Å². The summed E-state index contributed by atoms with van der Waals surface area (Å²) < 4.78 is 0. The minimum atomic E-state index is -0.256. The molecule has 0 aliphatic carbocycles. The zero-order chi connectivity index (χ0) is 74.4. The molecule has 0 saturated heterocycles. The zero-order valence-corrected chi connectivity index (χ0v) is 63.6. The summed E-state index contributed by atoms with van der Waals surface area (Å²) in [6.45, 7) is 18.2. The van der Waals surface area contributed by atoms with E-state index in [0.29, 0.717) is 0 Å². The summed E-state index contributed by atoms with van der Waals surface area (Å²) in [7, 11) is 0. The second-order valence-corrected chi connectivity index (χ2v) is 31.1. The van der Waals surface area contributed by atoms with Crippen LogP contribution in [-0.2, 0) is 0 Å². The molecule has 0 bridgehead atoms. The normalized spacial score (nSPS) is 12.9. The van der Waals surface area contributed by atoms with E-state index < -0.39 is 0 Å². The molecule has 4 heterocycles. The van der Waals surface area contributed by atoms with Crippen molar-refractivity contribution < 1.29 is 0 Å². The van der Waals surface area contributed by atoms with Crippen molar-refractivity contribution in [2.45, 2.75) is 79.1 Å². The Morgan fingerprint density at radius 1 is 0.227 bits per heavy atom. The Morgan fingerprint density at radius 2 is 0.509 bits per heavy atom. The highest BCUT2D eigenvalue weighted by Gasteiger charge is 2.50. The maximum absolute atomic E-state index is 2.73. The average Bonchev–Trinajstić information content (AvgIpc) is 0.682. The van der Waals surface area contributed by atoms with Crippen LogP contribution in [0.15, 0.2) is 352 Å². The van der Waals surface area contributed by atoms with Crippen molar-refractivity contribution in [2.75, 3.05) is 29.4 Å². The third-order valence-corrected chi connectivity index (χ3v) is 23.2. The number of nitrogens with zero attached hydrogens (tertiary/aromatic N) is 6. The van der Waals surface area contributed by atoms with Crippen molar-refractivity contribution in [1.82, 2.24) is 0 Å². The summed E-state index contributed by atoms with van der Waals surface area (Å²) >= 11 is 0. The molecule has 6 nitrogen and oxygen atoms in total. The van der Waals surface area contributed by atoms with Gasteiger partial charge in [-0.3, -0.25) is 0 Å². The molecule has 0 N–H and O–H groups in total. The third kappa shape index (κ3) is 11.2. The van der Waals surface area contributed by atoms with Gasteiger partial charge in [0.2, 0.25) is 0 Å². The molecule has 0 radical (unpaired) electrons. The van der Waals surface area contributed by atoms with Crippen LogP contribution in [0.5, 0.6) is 0 Å². The van der Waals surface area contributed by atoms with Gasteiger partial charge >= 0.3 is 0 Å². The van der Waals surface area contributed by atoms with Gasteiger partial charge < -0.3 is 29.4 Å². The van der Waals surface area contributed by atoms with Crippen molar-refractivity contribution in [1.29, 1.82) is 0 Å². The lowest BCUT2D eigenvalue weighted by atomic mass is 9.30. The van der Waals surface area contributed by atoms with Gasteiger partial charge in [0.15, 0.2) is 0 Å². The highest BCUT2D eigenvalue weighted by molar-refractivity contribution is 7.03. The second-order valence-electron chi connectivity index (χ2n) is 31.1. The van der Waals surface area contributed by atoms with E-state index in [1.807, 2.05) is 0 Å². The van der Waals surface area contributed by atoms with Crippen LogP contribution >= 0.6 is 0 Å². The Balaban J connectivity index is 0.992. The summed E-state index contributed by atoms with van der Waals surface area (Å²) in [4.78, 5) is 15.7. The van der Waals surface area contributed by atoms with Crippen LogP contribution in [0.2, 0.25) is 0 Å². The average molecular weight is 1420 g/mol. The Labute approximate surface area is 649 Å². The van der Waals surface area contributed by atoms with Gasteiger partial charge in [-0.05, 0) is 193 Å². The number of anilines is 18. The first-order chi connectivity index (χ1) is 54.0. The predicted octanol–water partition coefficient (Wildman–Crippen LogP) is 24.6. The highest BCUT2D eigenvalue weighted by Crippen LogP contribution is 2.56. The maximum Gasteiger partial charge on any atom is 0.252 e. The monoisotopic (exact) mass is 1420 g/mol. The van der Waals surface area contributed by atoms with E-state index in [1.54, 1.807) is 0 Å². The van der Waals surface area contributed by atoms with Gasteiger partial charge in [0.05, 0.1) is 17.1 Å². The highest BCUT2D eigenvalue weighted by atomic mass is 15.2. The minimum Gasteiger partial charge on any atom is -0.311 e. The smallest absolute Gasteiger partial charge is 0.252 e. The van der Waals surface area contributed by atoms with E-state index in [1.165, 1.54) is 55.0 Å². The topological polar surface area (TPSA) is 19.4 Å². The van der Waals surface area contributed by atoms with Crippen LogP contribution in [0, 0.1) is 0 Å². The molecule has 110 heavy (non-hydrogen) atoms. The molecule has 0 spiro atoms. The molecule has 0 saturated carbocycles. The lowest BCUT2D eigenvalue weighted by Crippen LogP contribution is -2.65. The lowest BCUT2D eigenvalue weighted by Gasteiger charge is -2.48. The second kappa shape index (κ2) is 27.8. The van der Waals surface area contributed by atoms with Gasteiger partial charge in [0.25, 0.3) is 13.4 Å².